The van der Waals surface area contributed by atoms with Crippen molar-refractivity contribution in [3.63, 3.8) is 0 Å². The fourth-order valence-electron chi connectivity index (χ4n) is 2.95. The van der Waals surface area contributed by atoms with Crippen molar-refractivity contribution in [3.05, 3.63) is 23.8 Å². The largest absolute Gasteiger partial charge is 0.482 e. The maximum Gasteiger partial charge on any atom is 0.262 e. The van der Waals surface area contributed by atoms with Gasteiger partial charge in [-0.3, -0.25) is 9.59 Å². The highest BCUT2D eigenvalue weighted by Gasteiger charge is 2.19. The first-order valence-corrected chi connectivity index (χ1v) is 7.57. The molecular weight excluding hydrogens is 268 g/mol. The van der Waals surface area contributed by atoms with Crippen molar-refractivity contribution in [1.82, 2.24) is 5.32 Å². The van der Waals surface area contributed by atoms with Crippen molar-refractivity contribution < 1.29 is 14.3 Å². The van der Waals surface area contributed by atoms with Crippen LogP contribution in [0.1, 0.15) is 42.5 Å². The van der Waals surface area contributed by atoms with E-state index in [0.29, 0.717) is 22.9 Å². The molecule has 5 nitrogen and oxygen atoms in total. The van der Waals surface area contributed by atoms with Crippen molar-refractivity contribution in [2.75, 3.05) is 18.5 Å². The van der Waals surface area contributed by atoms with Crippen LogP contribution in [0.5, 0.6) is 5.75 Å². The van der Waals surface area contributed by atoms with E-state index in [2.05, 4.69) is 10.6 Å². The molecule has 0 aromatic heterocycles. The SMILES string of the molecule is O=C1COc2cc(C(=O)NCC3CCCCC3)ccc2N1. The molecule has 3 rings (SSSR count). The Morgan fingerprint density at radius 1 is 1.29 bits per heavy atom. The van der Waals surface area contributed by atoms with Crippen molar-refractivity contribution in [1.29, 1.82) is 0 Å². The average Bonchev–Trinajstić information content (AvgIpc) is 2.53. The highest BCUT2D eigenvalue weighted by atomic mass is 16.5. The molecule has 0 saturated heterocycles. The van der Waals surface area contributed by atoms with Gasteiger partial charge >= 0.3 is 0 Å². The van der Waals surface area contributed by atoms with E-state index < -0.39 is 0 Å². The summed E-state index contributed by atoms with van der Waals surface area (Å²) >= 11 is 0. The van der Waals surface area contributed by atoms with Gasteiger partial charge in [0.25, 0.3) is 11.8 Å². The number of carbonyl (C=O) groups is 2. The molecule has 0 radical (unpaired) electrons. The molecular formula is C16H20N2O3. The van der Waals surface area contributed by atoms with E-state index in [1.807, 2.05) is 0 Å². The molecule has 1 saturated carbocycles. The van der Waals surface area contributed by atoms with E-state index in [1.54, 1.807) is 18.2 Å². The van der Waals surface area contributed by atoms with Crippen LogP contribution < -0.4 is 15.4 Å². The second-order valence-electron chi connectivity index (χ2n) is 5.76. The Kier molecular flexibility index (Phi) is 4.08. The number of amides is 2. The number of ether oxygens (including phenoxy) is 1. The lowest BCUT2D eigenvalue weighted by Crippen LogP contribution is -2.30. The van der Waals surface area contributed by atoms with Crippen molar-refractivity contribution in [2.24, 2.45) is 5.92 Å². The molecule has 1 fully saturated rings. The molecule has 2 amide bonds. The lowest BCUT2D eigenvalue weighted by atomic mass is 9.89. The zero-order chi connectivity index (χ0) is 14.7. The van der Waals surface area contributed by atoms with Crippen LogP contribution in [0.15, 0.2) is 18.2 Å². The summed E-state index contributed by atoms with van der Waals surface area (Å²) < 4.78 is 5.33. The summed E-state index contributed by atoms with van der Waals surface area (Å²) in [5.41, 5.74) is 1.19. The minimum atomic E-state index is -0.169. The zero-order valence-corrected chi connectivity index (χ0v) is 12.0. The van der Waals surface area contributed by atoms with Crippen molar-refractivity contribution in [3.8, 4) is 5.75 Å². The molecule has 1 aromatic carbocycles. The van der Waals surface area contributed by atoms with Crippen LogP contribution in [-0.2, 0) is 4.79 Å². The van der Waals surface area contributed by atoms with Gasteiger partial charge in [0.05, 0.1) is 5.69 Å². The summed E-state index contributed by atoms with van der Waals surface area (Å²) in [4.78, 5) is 23.4. The first-order valence-electron chi connectivity index (χ1n) is 7.57. The first-order chi connectivity index (χ1) is 10.2. The summed E-state index contributed by atoms with van der Waals surface area (Å²) in [5, 5.41) is 5.72. The molecule has 0 atom stereocenters. The maximum atomic E-state index is 12.2. The maximum absolute atomic E-state index is 12.2. The molecule has 1 aromatic rings. The minimum absolute atomic E-state index is 0.000145. The third kappa shape index (κ3) is 3.35. The van der Waals surface area contributed by atoms with E-state index >= 15 is 0 Å². The molecule has 0 bridgehead atoms. The van der Waals surface area contributed by atoms with E-state index in [-0.39, 0.29) is 18.4 Å². The molecule has 112 valence electrons. The molecule has 5 heteroatoms. The second kappa shape index (κ2) is 6.16. The monoisotopic (exact) mass is 288 g/mol. The molecule has 0 unspecified atom stereocenters. The number of hydrogen-bond donors (Lipinski definition) is 2. The predicted molar refractivity (Wildman–Crippen MR) is 79.5 cm³/mol. The standard InChI is InChI=1S/C16H20N2O3/c19-15-10-21-14-8-12(6-7-13(14)18-15)16(20)17-9-11-4-2-1-3-5-11/h6-8,11H,1-5,9-10H2,(H,17,20)(H,18,19). The van der Waals surface area contributed by atoms with Gasteiger partial charge in [-0.15, -0.1) is 0 Å². The van der Waals surface area contributed by atoms with Crippen LogP contribution in [0.25, 0.3) is 0 Å². The van der Waals surface area contributed by atoms with Crippen LogP contribution in [0.3, 0.4) is 0 Å². The third-order valence-electron chi connectivity index (χ3n) is 4.15. The number of rotatable bonds is 3. The molecule has 2 aliphatic rings. The summed E-state index contributed by atoms with van der Waals surface area (Å²) in [6, 6.07) is 5.11. The van der Waals surface area contributed by atoms with Gasteiger partial charge in [-0.05, 0) is 37.0 Å². The fraction of sp³-hybridized carbons (Fsp3) is 0.500. The normalized spacial score (nSPS) is 18.4. The number of nitrogens with one attached hydrogen (secondary N) is 2. The van der Waals surface area contributed by atoms with Crippen LogP contribution >= 0.6 is 0 Å². The smallest absolute Gasteiger partial charge is 0.262 e. The molecule has 0 spiro atoms. The van der Waals surface area contributed by atoms with Gasteiger partial charge in [0.1, 0.15) is 5.75 Å². The lowest BCUT2D eigenvalue weighted by molar-refractivity contribution is -0.118. The summed E-state index contributed by atoms with van der Waals surface area (Å²) in [6.07, 6.45) is 6.28. The topological polar surface area (TPSA) is 67.4 Å². The van der Waals surface area contributed by atoms with Crippen LogP contribution in [0.2, 0.25) is 0 Å². The highest BCUT2D eigenvalue weighted by molar-refractivity contribution is 5.98. The van der Waals surface area contributed by atoms with Gasteiger partial charge in [0, 0.05) is 12.1 Å². The van der Waals surface area contributed by atoms with E-state index in [0.717, 1.165) is 6.54 Å². The summed E-state index contributed by atoms with van der Waals surface area (Å²) in [7, 11) is 0. The van der Waals surface area contributed by atoms with Crippen molar-refractivity contribution >= 4 is 17.5 Å². The number of benzene rings is 1. The van der Waals surface area contributed by atoms with E-state index in [4.69, 9.17) is 4.74 Å². The third-order valence-corrected chi connectivity index (χ3v) is 4.15. The van der Waals surface area contributed by atoms with Crippen LogP contribution in [0, 0.1) is 5.92 Å². The minimum Gasteiger partial charge on any atom is -0.482 e. The van der Waals surface area contributed by atoms with Gasteiger partial charge < -0.3 is 15.4 Å². The molecule has 2 N–H and O–H groups in total. The zero-order valence-electron chi connectivity index (χ0n) is 12.0. The van der Waals surface area contributed by atoms with E-state index in [1.165, 1.54) is 32.1 Å². The van der Waals surface area contributed by atoms with Gasteiger partial charge in [0.2, 0.25) is 0 Å². The van der Waals surface area contributed by atoms with Gasteiger partial charge in [-0.1, -0.05) is 19.3 Å². The van der Waals surface area contributed by atoms with Crippen LogP contribution in [-0.4, -0.2) is 25.0 Å². The fourth-order valence-corrected chi connectivity index (χ4v) is 2.95. The number of anilines is 1. The van der Waals surface area contributed by atoms with Crippen molar-refractivity contribution in [2.45, 2.75) is 32.1 Å². The van der Waals surface area contributed by atoms with Gasteiger partial charge in [-0.25, -0.2) is 0 Å². The Morgan fingerprint density at radius 2 is 2.10 bits per heavy atom. The molecule has 1 aliphatic carbocycles. The number of fused-ring (bicyclic) bond motifs is 1. The Balaban J connectivity index is 1.60. The Hall–Kier alpha value is -2.04. The Morgan fingerprint density at radius 3 is 2.90 bits per heavy atom. The number of carbonyl (C=O) groups excluding carboxylic acids is 2. The van der Waals surface area contributed by atoms with Gasteiger partial charge in [-0.2, -0.15) is 0 Å². The molecule has 21 heavy (non-hydrogen) atoms. The summed E-state index contributed by atoms with van der Waals surface area (Å²) in [5.74, 6) is 0.914. The second-order valence-corrected chi connectivity index (χ2v) is 5.76. The Labute approximate surface area is 124 Å². The predicted octanol–water partition coefficient (Wildman–Crippen LogP) is 2.33. The lowest BCUT2D eigenvalue weighted by Gasteiger charge is -2.22. The molecule has 1 heterocycles. The number of hydrogen-bond acceptors (Lipinski definition) is 3. The average molecular weight is 288 g/mol. The van der Waals surface area contributed by atoms with Crippen LogP contribution in [0.4, 0.5) is 5.69 Å². The molecule has 1 aliphatic heterocycles. The van der Waals surface area contributed by atoms with E-state index in [9.17, 15) is 9.59 Å². The summed E-state index contributed by atoms with van der Waals surface area (Å²) in [6.45, 7) is 0.744. The van der Waals surface area contributed by atoms with Gasteiger partial charge in [0.15, 0.2) is 6.61 Å². The quantitative estimate of drug-likeness (QED) is 0.897. The highest BCUT2D eigenvalue weighted by Crippen LogP contribution is 2.28. The first kappa shape index (κ1) is 13.9. The Bertz CT molecular complexity index is 550.